The number of alkyl halides is 4. The molecule has 1 aliphatic heterocycles. The maximum Gasteiger partial charge on any atom is 0.387 e. The smallest absolute Gasteiger partial charge is 0.387 e. The first-order valence-corrected chi connectivity index (χ1v) is 7.58. The minimum absolute atomic E-state index is 0.0879. The van der Waals surface area contributed by atoms with Gasteiger partial charge < -0.3 is 14.8 Å². The van der Waals surface area contributed by atoms with Crippen LogP contribution in [-0.4, -0.2) is 19.1 Å². The minimum atomic E-state index is -3.19. The molecule has 0 bridgehead atoms. The molecule has 4 nitrogen and oxygen atoms in total. The lowest BCUT2D eigenvalue weighted by Crippen LogP contribution is -2.06. The van der Waals surface area contributed by atoms with Gasteiger partial charge in [0.1, 0.15) is 11.5 Å². The predicted octanol–water partition coefficient (Wildman–Crippen LogP) is 5.04. The van der Waals surface area contributed by atoms with Gasteiger partial charge in [0.25, 0.3) is 5.91 Å². The van der Waals surface area contributed by atoms with Crippen LogP contribution in [0.1, 0.15) is 11.1 Å². The maximum atomic E-state index is 12.6. The van der Waals surface area contributed by atoms with E-state index in [-0.39, 0.29) is 16.9 Å². The third kappa shape index (κ3) is 3.91. The third-order valence-electron chi connectivity index (χ3n) is 3.49. The molecule has 0 aromatic heterocycles. The Labute approximate surface area is 150 Å². The number of nitrogens with one attached hydrogen (secondary N) is 1. The Bertz CT molecular complexity index is 886. The number of halogens is 5. The summed E-state index contributed by atoms with van der Waals surface area (Å²) < 4.78 is 58.5. The van der Waals surface area contributed by atoms with Crippen molar-refractivity contribution in [3.05, 3.63) is 52.5 Å². The number of anilines is 1. The van der Waals surface area contributed by atoms with Gasteiger partial charge in [-0.25, -0.2) is 0 Å². The van der Waals surface area contributed by atoms with Gasteiger partial charge in [-0.05, 0) is 36.4 Å². The number of rotatable bonds is 5. The fourth-order valence-electron chi connectivity index (χ4n) is 2.47. The largest absolute Gasteiger partial charge is 0.435 e. The molecule has 0 spiro atoms. The van der Waals surface area contributed by atoms with Gasteiger partial charge in [-0.2, -0.15) is 17.6 Å². The van der Waals surface area contributed by atoms with Crippen LogP contribution in [0.5, 0.6) is 11.5 Å². The summed E-state index contributed by atoms with van der Waals surface area (Å²) in [6.45, 7) is -6.30. The van der Waals surface area contributed by atoms with Crippen molar-refractivity contribution < 1.29 is 31.8 Å². The van der Waals surface area contributed by atoms with Crippen LogP contribution in [0.15, 0.2) is 36.4 Å². The first-order valence-electron chi connectivity index (χ1n) is 7.20. The van der Waals surface area contributed by atoms with Gasteiger partial charge in [0.05, 0.1) is 0 Å². The molecule has 2 aromatic rings. The highest BCUT2D eigenvalue weighted by Gasteiger charge is 2.25. The molecule has 0 radical (unpaired) electrons. The average Bonchev–Trinajstić information content (AvgIpc) is 2.84. The molecule has 0 aliphatic carbocycles. The van der Waals surface area contributed by atoms with Gasteiger partial charge in [-0.1, -0.05) is 11.6 Å². The van der Waals surface area contributed by atoms with Crippen molar-refractivity contribution in [2.24, 2.45) is 0 Å². The zero-order valence-electron chi connectivity index (χ0n) is 12.8. The van der Waals surface area contributed by atoms with Crippen LogP contribution in [-0.2, 0) is 4.79 Å². The lowest BCUT2D eigenvalue weighted by Gasteiger charge is -2.11. The van der Waals surface area contributed by atoms with Crippen molar-refractivity contribution in [3.8, 4) is 11.5 Å². The molecule has 0 unspecified atom stereocenters. The number of carbonyl (C=O) groups is 1. The summed E-state index contributed by atoms with van der Waals surface area (Å²) >= 11 is 5.93. The lowest BCUT2D eigenvalue weighted by atomic mass is 10.0. The summed E-state index contributed by atoms with van der Waals surface area (Å²) in [5, 5.41) is 3.00. The molecular formula is C17H10ClF4NO3. The van der Waals surface area contributed by atoms with Crippen LogP contribution in [0, 0.1) is 0 Å². The van der Waals surface area contributed by atoms with E-state index in [9.17, 15) is 22.4 Å². The highest BCUT2D eigenvalue weighted by molar-refractivity contribution is 6.36. The lowest BCUT2D eigenvalue weighted by molar-refractivity contribution is -0.110. The SMILES string of the molecule is O=C1Nc2ccc(Cl)cc2C1=Cc1ccc(OC(F)F)cc1OC(F)F. The fraction of sp³-hybridized carbons (Fsp3) is 0.118. The van der Waals surface area contributed by atoms with E-state index in [0.29, 0.717) is 16.3 Å². The highest BCUT2D eigenvalue weighted by atomic mass is 35.5. The highest BCUT2D eigenvalue weighted by Crippen LogP contribution is 2.37. The van der Waals surface area contributed by atoms with Crippen LogP contribution in [0.2, 0.25) is 5.02 Å². The number of fused-ring (bicyclic) bond motifs is 1. The molecule has 0 atom stereocenters. The van der Waals surface area contributed by atoms with Crippen molar-refractivity contribution >= 4 is 34.8 Å². The first kappa shape index (κ1) is 18.1. The Hall–Kier alpha value is -2.74. The second kappa shape index (κ2) is 7.25. The summed E-state index contributed by atoms with van der Waals surface area (Å²) in [6.07, 6.45) is 1.31. The Kier molecular flexibility index (Phi) is 5.03. The summed E-state index contributed by atoms with van der Waals surface area (Å²) in [6, 6.07) is 8.03. The van der Waals surface area contributed by atoms with Gasteiger partial charge in [-0.3, -0.25) is 4.79 Å². The molecular weight excluding hydrogens is 378 g/mol. The third-order valence-corrected chi connectivity index (χ3v) is 3.73. The van der Waals surface area contributed by atoms with E-state index >= 15 is 0 Å². The zero-order chi connectivity index (χ0) is 18.8. The molecule has 1 amide bonds. The Morgan fingerprint density at radius 1 is 1.00 bits per heavy atom. The van der Waals surface area contributed by atoms with Crippen LogP contribution in [0.4, 0.5) is 23.2 Å². The van der Waals surface area contributed by atoms with E-state index in [1.807, 2.05) is 0 Å². The van der Waals surface area contributed by atoms with E-state index in [2.05, 4.69) is 14.8 Å². The van der Waals surface area contributed by atoms with E-state index in [1.54, 1.807) is 18.2 Å². The normalized spacial score (nSPS) is 14.7. The molecule has 1 aliphatic rings. The molecule has 3 rings (SSSR count). The monoisotopic (exact) mass is 387 g/mol. The maximum absolute atomic E-state index is 12.6. The molecule has 0 saturated heterocycles. The van der Waals surface area contributed by atoms with Gasteiger partial charge in [0.2, 0.25) is 0 Å². The Balaban J connectivity index is 2.05. The second-order valence-corrected chi connectivity index (χ2v) is 5.60. The van der Waals surface area contributed by atoms with Crippen molar-refractivity contribution in [2.45, 2.75) is 13.2 Å². The molecule has 136 valence electrons. The summed E-state index contributed by atoms with van der Waals surface area (Å²) in [5.74, 6) is -1.22. The van der Waals surface area contributed by atoms with Gasteiger partial charge >= 0.3 is 13.2 Å². The van der Waals surface area contributed by atoms with E-state index in [4.69, 9.17) is 11.6 Å². The van der Waals surface area contributed by atoms with E-state index in [0.717, 1.165) is 12.1 Å². The van der Waals surface area contributed by atoms with Gasteiger partial charge in [0, 0.05) is 33.5 Å². The predicted molar refractivity (Wildman–Crippen MR) is 87.7 cm³/mol. The molecule has 2 aromatic carbocycles. The van der Waals surface area contributed by atoms with E-state index < -0.39 is 24.9 Å². The van der Waals surface area contributed by atoms with Gasteiger partial charge in [-0.15, -0.1) is 0 Å². The Morgan fingerprint density at radius 3 is 2.42 bits per heavy atom. The fourth-order valence-corrected chi connectivity index (χ4v) is 2.64. The average molecular weight is 388 g/mol. The van der Waals surface area contributed by atoms with Crippen LogP contribution < -0.4 is 14.8 Å². The van der Waals surface area contributed by atoms with Crippen LogP contribution >= 0.6 is 11.6 Å². The molecule has 1 N–H and O–H groups in total. The first-order chi connectivity index (χ1) is 12.3. The zero-order valence-corrected chi connectivity index (χ0v) is 13.6. The number of hydrogen-bond donors (Lipinski definition) is 1. The number of benzene rings is 2. The number of ether oxygens (including phenoxy) is 2. The molecule has 9 heteroatoms. The summed E-state index contributed by atoms with van der Waals surface area (Å²) in [5.41, 5.74) is 1.26. The van der Waals surface area contributed by atoms with Crippen molar-refractivity contribution in [3.63, 3.8) is 0 Å². The van der Waals surface area contributed by atoms with Crippen molar-refractivity contribution in [2.75, 3.05) is 5.32 Å². The van der Waals surface area contributed by atoms with Gasteiger partial charge in [0.15, 0.2) is 0 Å². The number of hydrogen-bond acceptors (Lipinski definition) is 3. The number of amides is 1. The van der Waals surface area contributed by atoms with Crippen molar-refractivity contribution in [1.29, 1.82) is 0 Å². The van der Waals surface area contributed by atoms with Crippen LogP contribution in [0.3, 0.4) is 0 Å². The standard InChI is InChI=1S/C17H10ClF4NO3/c18-9-2-4-13-11(6-9)12(15(24)23-13)5-8-1-3-10(25-16(19)20)7-14(8)26-17(21)22/h1-7,16-17H,(H,23,24). The topological polar surface area (TPSA) is 47.6 Å². The molecule has 26 heavy (non-hydrogen) atoms. The van der Waals surface area contributed by atoms with Crippen LogP contribution in [0.25, 0.3) is 11.6 Å². The number of carbonyl (C=O) groups excluding carboxylic acids is 1. The molecule has 1 heterocycles. The summed E-state index contributed by atoms with van der Waals surface area (Å²) in [7, 11) is 0. The molecule has 0 fully saturated rings. The molecule has 0 saturated carbocycles. The quantitative estimate of drug-likeness (QED) is 0.578. The minimum Gasteiger partial charge on any atom is -0.435 e. The Morgan fingerprint density at radius 2 is 1.73 bits per heavy atom. The van der Waals surface area contributed by atoms with Crippen molar-refractivity contribution in [1.82, 2.24) is 0 Å². The second-order valence-electron chi connectivity index (χ2n) is 5.16. The van der Waals surface area contributed by atoms with E-state index in [1.165, 1.54) is 12.1 Å². The summed E-state index contributed by atoms with van der Waals surface area (Å²) in [4.78, 5) is 12.2.